The number of carbonyl (C=O) groups excluding carboxylic acids is 1. The Morgan fingerprint density at radius 3 is 2.69 bits per heavy atom. The molecule has 0 atom stereocenters. The topological polar surface area (TPSA) is 54.4 Å². The van der Waals surface area contributed by atoms with Gasteiger partial charge in [-0.3, -0.25) is 4.79 Å². The van der Waals surface area contributed by atoms with Crippen LogP contribution in [0.4, 0.5) is 0 Å². The molecule has 0 fully saturated rings. The van der Waals surface area contributed by atoms with E-state index in [4.69, 9.17) is 5.11 Å². The molecule has 0 unspecified atom stereocenters. The summed E-state index contributed by atoms with van der Waals surface area (Å²) in [5.74, 6) is -0.858. The summed E-state index contributed by atoms with van der Waals surface area (Å²) < 4.78 is 0. The Morgan fingerprint density at radius 2 is 2.08 bits per heavy atom. The lowest BCUT2D eigenvalue weighted by Crippen LogP contribution is -2.00. The maximum absolute atomic E-state index is 10.4. The smallest absolute Gasteiger partial charge is 0.307 e. The van der Waals surface area contributed by atoms with Crippen LogP contribution in [-0.2, 0) is 22.4 Å². The molecular weight excluding hydrogens is 168 g/mol. The average molecular weight is 178 g/mol. The molecule has 0 amide bonds. The summed E-state index contributed by atoms with van der Waals surface area (Å²) in [5, 5.41) is 8.52. The summed E-state index contributed by atoms with van der Waals surface area (Å²) in [6.07, 6.45) is 1.15. The van der Waals surface area contributed by atoms with E-state index in [0.717, 1.165) is 17.4 Å². The highest BCUT2D eigenvalue weighted by Gasteiger charge is 2.00. The molecule has 1 aromatic carbocycles. The normalized spacial score (nSPS) is 9.54. The second kappa shape index (κ2) is 4.40. The highest BCUT2D eigenvalue weighted by molar-refractivity contribution is 5.70. The van der Waals surface area contributed by atoms with Crippen molar-refractivity contribution in [2.75, 3.05) is 0 Å². The number of rotatable bonds is 4. The van der Waals surface area contributed by atoms with E-state index < -0.39 is 5.97 Å². The van der Waals surface area contributed by atoms with Gasteiger partial charge in [-0.2, -0.15) is 0 Å². The van der Waals surface area contributed by atoms with Gasteiger partial charge >= 0.3 is 5.97 Å². The number of aliphatic carboxylic acids is 1. The monoisotopic (exact) mass is 178 g/mol. The highest BCUT2D eigenvalue weighted by atomic mass is 16.4. The molecule has 0 radical (unpaired) electrons. The Morgan fingerprint density at radius 1 is 1.38 bits per heavy atom. The van der Waals surface area contributed by atoms with Gasteiger partial charge in [0.1, 0.15) is 6.29 Å². The van der Waals surface area contributed by atoms with Crippen LogP contribution in [0.3, 0.4) is 0 Å². The van der Waals surface area contributed by atoms with E-state index in [2.05, 4.69) is 0 Å². The molecule has 0 aliphatic carbocycles. The Kier molecular flexibility index (Phi) is 3.20. The van der Waals surface area contributed by atoms with Crippen LogP contribution in [0.2, 0.25) is 0 Å². The van der Waals surface area contributed by atoms with Crippen LogP contribution in [0.15, 0.2) is 24.3 Å². The highest BCUT2D eigenvalue weighted by Crippen LogP contribution is 2.05. The lowest BCUT2D eigenvalue weighted by molar-refractivity contribution is -0.136. The molecule has 0 aromatic heterocycles. The standard InChI is InChI=1S/C10H10O3/c11-5-4-8-2-1-3-9(6-8)7-10(12)13/h1-3,5-6H,4,7H2,(H,12,13). The van der Waals surface area contributed by atoms with E-state index in [9.17, 15) is 9.59 Å². The zero-order valence-electron chi connectivity index (χ0n) is 7.06. The molecule has 1 rings (SSSR count). The van der Waals surface area contributed by atoms with Gasteiger partial charge in [-0.05, 0) is 11.1 Å². The molecule has 68 valence electrons. The first kappa shape index (κ1) is 9.45. The molecule has 13 heavy (non-hydrogen) atoms. The predicted octanol–water partition coefficient (Wildman–Crippen LogP) is 1.06. The van der Waals surface area contributed by atoms with Crippen LogP contribution in [0.1, 0.15) is 11.1 Å². The zero-order valence-corrected chi connectivity index (χ0v) is 7.06. The molecule has 0 bridgehead atoms. The zero-order chi connectivity index (χ0) is 9.68. The SMILES string of the molecule is O=CCc1cccc(CC(=O)O)c1. The molecular formula is C10H10O3. The average Bonchev–Trinajstić information content (AvgIpc) is 2.04. The van der Waals surface area contributed by atoms with Crippen molar-refractivity contribution >= 4 is 12.3 Å². The Hall–Kier alpha value is -1.64. The summed E-state index contributed by atoms with van der Waals surface area (Å²) in [6, 6.07) is 7.04. The number of hydrogen-bond donors (Lipinski definition) is 1. The van der Waals surface area contributed by atoms with Crippen LogP contribution < -0.4 is 0 Å². The minimum Gasteiger partial charge on any atom is -0.481 e. The van der Waals surface area contributed by atoms with Gasteiger partial charge < -0.3 is 9.90 Å². The summed E-state index contributed by atoms with van der Waals surface area (Å²) >= 11 is 0. The van der Waals surface area contributed by atoms with Crippen molar-refractivity contribution in [1.82, 2.24) is 0 Å². The van der Waals surface area contributed by atoms with Crippen LogP contribution in [0, 0.1) is 0 Å². The molecule has 3 nitrogen and oxygen atoms in total. The molecule has 1 N–H and O–H groups in total. The third-order valence-electron chi connectivity index (χ3n) is 1.67. The second-order valence-corrected chi connectivity index (χ2v) is 2.76. The maximum Gasteiger partial charge on any atom is 0.307 e. The van der Waals surface area contributed by atoms with Gasteiger partial charge in [0, 0.05) is 6.42 Å². The van der Waals surface area contributed by atoms with Crippen molar-refractivity contribution in [3.05, 3.63) is 35.4 Å². The fourth-order valence-electron chi connectivity index (χ4n) is 1.14. The summed E-state index contributed by atoms with van der Waals surface area (Å²) in [5.41, 5.74) is 1.58. The minimum absolute atomic E-state index is 0.00664. The quantitative estimate of drug-likeness (QED) is 0.701. The number of carboxylic acid groups (broad SMARTS) is 1. The van der Waals surface area contributed by atoms with Crippen molar-refractivity contribution < 1.29 is 14.7 Å². The molecule has 0 spiro atoms. The Labute approximate surface area is 76.0 Å². The fourth-order valence-corrected chi connectivity index (χ4v) is 1.14. The van der Waals surface area contributed by atoms with Gasteiger partial charge in [-0.25, -0.2) is 0 Å². The van der Waals surface area contributed by atoms with E-state index >= 15 is 0 Å². The first-order chi connectivity index (χ1) is 6.22. The third kappa shape index (κ3) is 3.07. The number of carbonyl (C=O) groups is 2. The fraction of sp³-hybridized carbons (Fsp3) is 0.200. The van der Waals surface area contributed by atoms with Crippen molar-refractivity contribution in [1.29, 1.82) is 0 Å². The van der Waals surface area contributed by atoms with Gasteiger partial charge in [0.2, 0.25) is 0 Å². The van der Waals surface area contributed by atoms with Gasteiger partial charge in [-0.1, -0.05) is 24.3 Å². The van der Waals surface area contributed by atoms with Crippen LogP contribution >= 0.6 is 0 Å². The second-order valence-electron chi connectivity index (χ2n) is 2.76. The predicted molar refractivity (Wildman–Crippen MR) is 47.5 cm³/mol. The lowest BCUT2D eigenvalue weighted by atomic mass is 10.1. The van der Waals surface area contributed by atoms with E-state index in [0.29, 0.717) is 6.42 Å². The van der Waals surface area contributed by atoms with Crippen LogP contribution in [0.25, 0.3) is 0 Å². The van der Waals surface area contributed by atoms with Crippen LogP contribution in [-0.4, -0.2) is 17.4 Å². The van der Waals surface area contributed by atoms with Gasteiger partial charge in [-0.15, -0.1) is 0 Å². The maximum atomic E-state index is 10.4. The number of benzene rings is 1. The molecule has 0 aliphatic rings. The first-order valence-corrected chi connectivity index (χ1v) is 3.95. The Balaban J connectivity index is 2.78. The minimum atomic E-state index is -0.858. The summed E-state index contributed by atoms with van der Waals surface area (Å²) in [4.78, 5) is 20.6. The summed E-state index contributed by atoms with van der Waals surface area (Å²) in [7, 11) is 0. The van der Waals surface area contributed by atoms with Crippen molar-refractivity contribution in [3.8, 4) is 0 Å². The van der Waals surface area contributed by atoms with Crippen molar-refractivity contribution in [2.24, 2.45) is 0 Å². The first-order valence-electron chi connectivity index (χ1n) is 3.95. The van der Waals surface area contributed by atoms with E-state index in [1.807, 2.05) is 0 Å². The molecule has 1 aromatic rings. The van der Waals surface area contributed by atoms with Crippen LogP contribution in [0.5, 0.6) is 0 Å². The van der Waals surface area contributed by atoms with Crippen molar-refractivity contribution in [2.45, 2.75) is 12.8 Å². The van der Waals surface area contributed by atoms with E-state index in [1.165, 1.54) is 0 Å². The molecule has 3 heteroatoms. The molecule has 0 saturated heterocycles. The third-order valence-corrected chi connectivity index (χ3v) is 1.67. The summed E-state index contributed by atoms with van der Waals surface area (Å²) in [6.45, 7) is 0. The number of carboxylic acids is 1. The Bertz CT molecular complexity index is 318. The van der Waals surface area contributed by atoms with Gasteiger partial charge in [0.25, 0.3) is 0 Å². The number of aldehydes is 1. The van der Waals surface area contributed by atoms with E-state index in [1.54, 1.807) is 24.3 Å². The molecule has 0 heterocycles. The number of hydrogen-bond acceptors (Lipinski definition) is 2. The molecule has 0 aliphatic heterocycles. The molecule has 0 saturated carbocycles. The largest absolute Gasteiger partial charge is 0.481 e. The van der Waals surface area contributed by atoms with E-state index in [-0.39, 0.29) is 6.42 Å². The van der Waals surface area contributed by atoms with Gasteiger partial charge in [0.15, 0.2) is 0 Å². The van der Waals surface area contributed by atoms with Crippen molar-refractivity contribution in [3.63, 3.8) is 0 Å². The lowest BCUT2D eigenvalue weighted by Gasteiger charge is -1.99. The van der Waals surface area contributed by atoms with Gasteiger partial charge in [0.05, 0.1) is 6.42 Å².